The number of thiophene rings is 1. The minimum absolute atomic E-state index is 0.102. The lowest BCUT2D eigenvalue weighted by Gasteiger charge is -2.04. The molecule has 2 aromatic rings. The van der Waals surface area contributed by atoms with Crippen molar-refractivity contribution in [1.29, 1.82) is 5.26 Å². The van der Waals surface area contributed by atoms with Gasteiger partial charge < -0.3 is 4.74 Å². The van der Waals surface area contributed by atoms with Crippen molar-refractivity contribution in [2.75, 3.05) is 0 Å². The van der Waals surface area contributed by atoms with Gasteiger partial charge in [-0.25, -0.2) is 4.39 Å². The summed E-state index contributed by atoms with van der Waals surface area (Å²) in [6, 6.07) is 6.33. The molecule has 0 amide bonds. The molecule has 1 aromatic carbocycles. The quantitative estimate of drug-likeness (QED) is 0.488. The molecular formula is C13H7FN2O4S. The Kier molecular flexibility index (Phi) is 3.95. The molecule has 0 saturated heterocycles. The first-order chi connectivity index (χ1) is 9.92. The summed E-state index contributed by atoms with van der Waals surface area (Å²) in [5.41, 5.74) is -0.307. The lowest BCUT2D eigenvalue weighted by molar-refractivity contribution is -0.385. The van der Waals surface area contributed by atoms with Crippen molar-refractivity contribution in [2.45, 2.75) is 6.92 Å². The molecule has 1 heterocycles. The molecule has 0 N–H and O–H groups in total. The highest BCUT2D eigenvalue weighted by Crippen LogP contribution is 2.40. The van der Waals surface area contributed by atoms with Gasteiger partial charge in [-0.05, 0) is 25.1 Å². The highest BCUT2D eigenvalue weighted by atomic mass is 32.1. The Hall–Kier alpha value is -2.79. The molecule has 0 unspecified atom stereocenters. The average Bonchev–Trinajstić information content (AvgIpc) is 2.85. The second-order valence-electron chi connectivity index (χ2n) is 3.96. The van der Waals surface area contributed by atoms with Crippen LogP contribution in [0, 0.1) is 27.3 Å². The number of ether oxygens (including phenoxy) is 1. The third-order valence-corrected chi connectivity index (χ3v) is 3.59. The predicted octanol–water partition coefficient (Wildman–Crippen LogP) is 3.66. The summed E-state index contributed by atoms with van der Waals surface area (Å²) in [6.45, 7) is 1.27. The van der Waals surface area contributed by atoms with Crippen molar-refractivity contribution >= 4 is 22.8 Å². The van der Waals surface area contributed by atoms with Gasteiger partial charge in [0.15, 0.2) is 17.3 Å². The highest BCUT2D eigenvalue weighted by molar-refractivity contribution is 7.16. The Morgan fingerprint density at radius 3 is 2.71 bits per heavy atom. The summed E-state index contributed by atoms with van der Waals surface area (Å²) < 4.78 is 18.9. The molecule has 0 saturated carbocycles. The number of hydrogen-bond acceptors (Lipinski definition) is 6. The predicted molar refractivity (Wildman–Crippen MR) is 72.2 cm³/mol. The van der Waals surface area contributed by atoms with E-state index in [2.05, 4.69) is 0 Å². The van der Waals surface area contributed by atoms with Gasteiger partial charge in [-0.3, -0.25) is 14.9 Å². The largest absolute Gasteiger partial charge is 0.437 e. The van der Waals surface area contributed by atoms with Gasteiger partial charge in [0.25, 0.3) is 5.06 Å². The molecule has 1 aromatic heterocycles. The van der Waals surface area contributed by atoms with E-state index in [1.165, 1.54) is 19.1 Å². The highest BCUT2D eigenvalue weighted by Gasteiger charge is 2.23. The van der Waals surface area contributed by atoms with Gasteiger partial charge in [0.2, 0.25) is 0 Å². The number of halogens is 1. The van der Waals surface area contributed by atoms with Crippen LogP contribution in [-0.2, 0) is 0 Å². The molecule has 0 spiro atoms. The minimum atomic E-state index is -0.818. The van der Waals surface area contributed by atoms with Crippen molar-refractivity contribution in [3.8, 4) is 16.9 Å². The topological polar surface area (TPSA) is 93.2 Å². The molecule has 0 aliphatic rings. The summed E-state index contributed by atoms with van der Waals surface area (Å²) in [5, 5.41) is 19.4. The van der Waals surface area contributed by atoms with Crippen LogP contribution in [-0.4, -0.2) is 10.7 Å². The summed E-state index contributed by atoms with van der Waals surface area (Å²) >= 11 is 0.764. The summed E-state index contributed by atoms with van der Waals surface area (Å²) in [7, 11) is 0. The van der Waals surface area contributed by atoms with Gasteiger partial charge in [-0.1, -0.05) is 11.3 Å². The van der Waals surface area contributed by atoms with E-state index in [1.807, 2.05) is 0 Å². The maximum atomic E-state index is 13.7. The normalized spacial score (nSPS) is 9.95. The molecule has 0 aliphatic carbocycles. The molecule has 8 heteroatoms. The Bertz CT molecular complexity index is 779. The smallest absolute Gasteiger partial charge is 0.323 e. The van der Waals surface area contributed by atoms with E-state index >= 15 is 0 Å². The van der Waals surface area contributed by atoms with Crippen molar-refractivity contribution < 1.29 is 18.8 Å². The fourth-order valence-electron chi connectivity index (χ4n) is 1.49. The number of benzene rings is 1. The van der Waals surface area contributed by atoms with E-state index in [9.17, 15) is 19.3 Å². The molecule has 21 heavy (non-hydrogen) atoms. The van der Waals surface area contributed by atoms with Gasteiger partial charge in [0.1, 0.15) is 0 Å². The van der Waals surface area contributed by atoms with Crippen LogP contribution in [0.15, 0.2) is 24.3 Å². The fourth-order valence-corrected chi connectivity index (χ4v) is 2.38. The third-order valence-electron chi connectivity index (χ3n) is 2.49. The monoisotopic (exact) mass is 306 g/mol. The number of nitrogens with zero attached hydrogens (tertiary/aromatic N) is 2. The molecule has 0 aliphatic heterocycles. The van der Waals surface area contributed by atoms with Gasteiger partial charge >= 0.3 is 5.69 Å². The number of nitro groups is 1. The number of carbonyl (C=O) groups excluding carboxylic acids is 1. The van der Waals surface area contributed by atoms with Crippen LogP contribution >= 0.6 is 11.3 Å². The first kappa shape index (κ1) is 14.6. The molecule has 0 fully saturated rings. The van der Waals surface area contributed by atoms with Crippen LogP contribution in [0.1, 0.15) is 22.2 Å². The van der Waals surface area contributed by atoms with Gasteiger partial charge in [0, 0.05) is 6.07 Å². The van der Waals surface area contributed by atoms with Gasteiger partial charge in [-0.15, -0.1) is 0 Å². The van der Waals surface area contributed by atoms with Crippen molar-refractivity contribution in [3.05, 3.63) is 50.6 Å². The minimum Gasteiger partial charge on any atom is -0.437 e. The second kappa shape index (κ2) is 5.68. The molecule has 106 valence electrons. The first-order valence-electron chi connectivity index (χ1n) is 5.59. The Balaban J connectivity index is 2.41. The van der Waals surface area contributed by atoms with E-state index in [0.717, 1.165) is 23.5 Å². The summed E-state index contributed by atoms with van der Waals surface area (Å²) in [6.07, 6.45) is 0. The molecule has 0 atom stereocenters. The lowest BCUT2D eigenvalue weighted by atomic mass is 10.2. The van der Waals surface area contributed by atoms with Crippen molar-refractivity contribution in [2.24, 2.45) is 0 Å². The SMILES string of the molecule is CC(=O)c1cc([N+](=O)[O-])c(Oc2ccc(C#N)cc2F)s1. The first-order valence-corrected chi connectivity index (χ1v) is 6.40. The zero-order valence-corrected chi connectivity index (χ0v) is 11.4. The van der Waals surface area contributed by atoms with Crippen LogP contribution in [0.25, 0.3) is 0 Å². The van der Waals surface area contributed by atoms with E-state index in [-0.39, 0.29) is 27.0 Å². The van der Waals surface area contributed by atoms with Gasteiger partial charge in [-0.2, -0.15) is 5.26 Å². The molecular weight excluding hydrogens is 299 g/mol. The average molecular weight is 306 g/mol. The van der Waals surface area contributed by atoms with Crippen molar-refractivity contribution in [1.82, 2.24) is 0 Å². The number of ketones is 1. The fraction of sp³-hybridized carbons (Fsp3) is 0.0769. The molecule has 6 nitrogen and oxygen atoms in total. The number of nitriles is 1. The maximum Gasteiger partial charge on any atom is 0.323 e. The number of carbonyl (C=O) groups is 1. The van der Waals surface area contributed by atoms with Crippen LogP contribution in [0.2, 0.25) is 0 Å². The number of Topliss-reactive ketones (excluding diaryl/α,β-unsaturated/α-hetero) is 1. The van der Waals surface area contributed by atoms with Crippen LogP contribution in [0.3, 0.4) is 0 Å². The molecule has 0 bridgehead atoms. The van der Waals surface area contributed by atoms with E-state index in [4.69, 9.17) is 10.00 Å². The molecule has 0 radical (unpaired) electrons. The van der Waals surface area contributed by atoms with Gasteiger partial charge in [0.05, 0.1) is 21.4 Å². The summed E-state index contributed by atoms with van der Waals surface area (Å²) in [4.78, 5) is 21.6. The zero-order chi connectivity index (χ0) is 15.6. The van der Waals surface area contributed by atoms with E-state index in [0.29, 0.717) is 0 Å². The Morgan fingerprint density at radius 1 is 1.48 bits per heavy atom. The summed E-state index contributed by atoms with van der Waals surface area (Å²) in [5.74, 6) is -1.42. The number of rotatable bonds is 4. The lowest BCUT2D eigenvalue weighted by Crippen LogP contribution is -1.92. The van der Waals surface area contributed by atoms with E-state index in [1.54, 1.807) is 6.07 Å². The van der Waals surface area contributed by atoms with Crippen LogP contribution in [0.5, 0.6) is 10.8 Å². The Morgan fingerprint density at radius 2 is 2.19 bits per heavy atom. The van der Waals surface area contributed by atoms with Crippen molar-refractivity contribution in [3.63, 3.8) is 0 Å². The van der Waals surface area contributed by atoms with E-state index < -0.39 is 16.4 Å². The Labute approximate surface area is 122 Å². The van der Waals surface area contributed by atoms with Crippen LogP contribution < -0.4 is 4.74 Å². The second-order valence-corrected chi connectivity index (χ2v) is 4.97. The standard InChI is InChI=1S/C13H7FN2O4S/c1-7(17)12-5-10(16(18)19)13(21-12)20-11-3-2-8(6-15)4-9(11)14/h2-5H,1H3. The van der Waals surface area contributed by atoms with Crippen LogP contribution in [0.4, 0.5) is 10.1 Å². The third kappa shape index (κ3) is 3.04. The molecule has 2 rings (SSSR count). The maximum absolute atomic E-state index is 13.7. The zero-order valence-electron chi connectivity index (χ0n) is 10.6. The number of hydrogen-bond donors (Lipinski definition) is 0.